The monoisotopic (exact) mass is 598 g/mol. The quantitative estimate of drug-likeness (QED) is 0.0974. The minimum atomic E-state index is -1.50. The molecule has 0 unspecified atom stereocenters. The molecular weight excluding hydrogens is 558 g/mol. The van der Waals surface area contributed by atoms with Gasteiger partial charge in [0, 0.05) is 57.0 Å². The fraction of sp³-hybridized carbons (Fsp3) is 0.654. The highest BCUT2D eigenvalue weighted by molar-refractivity contribution is 6.12. The van der Waals surface area contributed by atoms with Crippen LogP contribution in [0.4, 0.5) is 0 Å². The zero-order valence-corrected chi connectivity index (χ0v) is 24.3. The molecule has 0 fully saturated rings. The van der Waals surface area contributed by atoms with E-state index in [1.165, 1.54) is 22.0 Å². The number of imide groups is 1. The third-order valence-electron chi connectivity index (χ3n) is 6.15. The summed E-state index contributed by atoms with van der Waals surface area (Å²) in [7, 11) is 0. The van der Waals surface area contributed by atoms with Gasteiger partial charge < -0.3 is 30.5 Å². The average molecular weight is 599 g/mol. The van der Waals surface area contributed by atoms with Gasteiger partial charge in [0.05, 0.1) is 32.1 Å². The molecule has 0 saturated carbocycles. The molecule has 0 aromatic heterocycles. The van der Waals surface area contributed by atoms with E-state index in [1.807, 2.05) is 13.8 Å². The van der Waals surface area contributed by atoms with E-state index < -0.39 is 78.7 Å². The number of carboxylic acids is 4. The smallest absolute Gasteiger partial charge is 0.317 e. The van der Waals surface area contributed by atoms with Crippen molar-refractivity contribution in [3.05, 3.63) is 12.2 Å². The van der Waals surface area contributed by atoms with Crippen molar-refractivity contribution < 1.29 is 54.0 Å². The summed E-state index contributed by atoms with van der Waals surface area (Å²) in [6.07, 6.45) is 2.76. The van der Waals surface area contributed by atoms with Crippen LogP contribution in [-0.4, -0.2) is 148 Å². The lowest BCUT2D eigenvalue weighted by Gasteiger charge is -2.37. The molecule has 0 aliphatic carbocycles. The topological polar surface area (TPSA) is 228 Å². The Hall–Kier alpha value is -3.89. The molecule has 0 radical (unpaired) electrons. The van der Waals surface area contributed by atoms with Gasteiger partial charge in [0.15, 0.2) is 0 Å². The first-order valence-electron chi connectivity index (χ1n) is 13.2. The van der Waals surface area contributed by atoms with E-state index >= 15 is 0 Å². The molecular formula is C26H40N5O11-. The summed E-state index contributed by atoms with van der Waals surface area (Å²) in [6.45, 7) is 4.51. The summed E-state index contributed by atoms with van der Waals surface area (Å²) in [6, 6.07) is 0. The van der Waals surface area contributed by atoms with Gasteiger partial charge in [-0.3, -0.25) is 48.4 Å². The molecule has 0 atom stereocenters. The molecule has 1 aliphatic heterocycles. The van der Waals surface area contributed by atoms with Crippen LogP contribution < -0.4 is 10.4 Å². The minimum Gasteiger partial charge on any atom is -0.549 e. The Morgan fingerprint density at radius 3 is 1.57 bits per heavy atom. The molecule has 3 amide bonds. The molecule has 0 spiro atoms. The first-order valence-corrected chi connectivity index (χ1v) is 13.2. The second-order valence-corrected chi connectivity index (χ2v) is 11.6. The molecule has 236 valence electrons. The van der Waals surface area contributed by atoms with Crippen LogP contribution in [0.2, 0.25) is 0 Å². The van der Waals surface area contributed by atoms with E-state index in [9.17, 15) is 48.9 Å². The first kappa shape index (κ1) is 36.1. The van der Waals surface area contributed by atoms with Gasteiger partial charge in [0.25, 0.3) is 11.8 Å². The highest BCUT2D eigenvalue weighted by Crippen LogP contribution is 2.30. The van der Waals surface area contributed by atoms with Crippen molar-refractivity contribution in [3.63, 3.8) is 0 Å². The molecule has 0 saturated heterocycles. The molecule has 1 aliphatic rings. The average Bonchev–Trinajstić information content (AvgIpc) is 3.09. The van der Waals surface area contributed by atoms with Crippen molar-refractivity contribution in [3.8, 4) is 0 Å². The molecule has 0 aromatic rings. The number of amides is 3. The molecule has 0 bridgehead atoms. The van der Waals surface area contributed by atoms with E-state index in [4.69, 9.17) is 5.11 Å². The Bertz CT molecular complexity index is 1040. The van der Waals surface area contributed by atoms with E-state index in [2.05, 4.69) is 5.32 Å². The number of carbonyl (C=O) groups excluding carboxylic acids is 4. The fourth-order valence-electron chi connectivity index (χ4n) is 4.95. The summed E-state index contributed by atoms with van der Waals surface area (Å²) in [5.41, 5.74) is -1.38. The third-order valence-corrected chi connectivity index (χ3v) is 6.15. The SMILES string of the molecule is CC(C)(CN1C(=O)C=CC1=O)CC(C)(C)NC(=O)CN(CCN(CCN(CC(=O)[O-])CC(=O)O)CC(=O)O)CC(=O)O. The zero-order valence-electron chi connectivity index (χ0n) is 24.3. The molecule has 0 aromatic carbocycles. The summed E-state index contributed by atoms with van der Waals surface area (Å²) in [5.74, 6) is -6.53. The summed E-state index contributed by atoms with van der Waals surface area (Å²) >= 11 is 0. The van der Waals surface area contributed by atoms with Crippen LogP contribution >= 0.6 is 0 Å². The predicted octanol–water partition coefficient (Wildman–Crippen LogP) is -2.87. The maximum atomic E-state index is 12.9. The summed E-state index contributed by atoms with van der Waals surface area (Å²) < 4.78 is 0. The maximum Gasteiger partial charge on any atom is 0.317 e. The minimum absolute atomic E-state index is 0.0125. The number of nitrogens with one attached hydrogen (secondary N) is 1. The molecule has 16 heteroatoms. The Labute approximate surface area is 243 Å². The van der Waals surface area contributed by atoms with Gasteiger partial charge in [-0.1, -0.05) is 13.8 Å². The zero-order chi connectivity index (χ0) is 32.3. The molecule has 42 heavy (non-hydrogen) atoms. The van der Waals surface area contributed by atoms with Crippen molar-refractivity contribution in [2.75, 3.05) is 65.4 Å². The summed E-state index contributed by atoms with van der Waals surface area (Å²) in [5, 5.41) is 41.4. The van der Waals surface area contributed by atoms with Crippen molar-refractivity contribution in [2.24, 2.45) is 5.41 Å². The van der Waals surface area contributed by atoms with Gasteiger partial charge in [0.2, 0.25) is 5.91 Å². The lowest BCUT2D eigenvalue weighted by atomic mass is 9.79. The van der Waals surface area contributed by atoms with Crippen LogP contribution in [0.5, 0.6) is 0 Å². The van der Waals surface area contributed by atoms with Gasteiger partial charge in [0.1, 0.15) is 0 Å². The van der Waals surface area contributed by atoms with Crippen molar-refractivity contribution >= 4 is 41.6 Å². The Morgan fingerprint density at radius 2 is 1.14 bits per heavy atom. The summed E-state index contributed by atoms with van der Waals surface area (Å²) in [4.78, 5) is 86.4. The van der Waals surface area contributed by atoms with Crippen LogP contribution in [0.1, 0.15) is 34.1 Å². The Kier molecular flexibility index (Phi) is 13.7. The van der Waals surface area contributed by atoms with Crippen molar-refractivity contribution in [2.45, 2.75) is 39.7 Å². The van der Waals surface area contributed by atoms with Gasteiger partial charge in [-0.2, -0.15) is 0 Å². The van der Waals surface area contributed by atoms with E-state index in [-0.39, 0.29) is 39.3 Å². The van der Waals surface area contributed by atoms with E-state index in [1.54, 1.807) is 13.8 Å². The second-order valence-electron chi connectivity index (χ2n) is 11.6. The molecule has 4 N–H and O–H groups in total. The number of carbonyl (C=O) groups is 7. The van der Waals surface area contributed by atoms with Gasteiger partial charge >= 0.3 is 17.9 Å². The molecule has 1 rings (SSSR count). The van der Waals surface area contributed by atoms with Gasteiger partial charge in [-0.15, -0.1) is 0 Å². The van der Waals surface area contributed by atoms with Crippen LogP contribution in [0.3, 0.4) is 0 Å². The lowest BCUT2D eigenvalue weighted by Crippen LogP contribution is -2.52. The highest BCUT2D eigenvalue weighted by Gasteiger charge is 2.35. The highest BCUT2D eigenvalue weighted by atomic mass is 16.4. The molecule has 1 heterocycles. The van der Waals surface area contributed by atoms with Crippen LogP contribution in [0.25, 0.3) is 0 Å². The van der Waals surface area contributed by atoms with Gasteiger partial charge in [-0.05, 0) is 25.7 Å². The van der Waals surface area contributed by atoms with Crippen LogP contribution in [0, 0.1) is 5.41 Å². The number of hydrogen-bond donors (Lipinski definition) is 4. The lowest BCUT2D eigenvalue weighted by molar-refractivity contribution is -0.306. The van der Waals surface area contributed by atoms with E-state index in [0.717, 1.165) is 9.80 Å². The number of carboxylic acid groups (broad SMARTS) is 4. The number of hydrogen-bond acceptors (Lipinski definition) is 11. The predicted molar refractivity (Wildman–Crippen MR) is 144 cm³/mol. The largest absolute Gasteiger partial charge is 0.549 e. The van der Waals surface area contributed by atoms with E-state index in [0.29, 0.717) is 6.42 Å². The first-order chi connectivity index (χ1) is 19.3. The van der Waals surface area contributed by atoms with Crippen LogP contribution in [-0.2, 0) is 33.6 Å². The normalized spacial score (nSPS) is 13.8. The number of rotatable bonds is 21. The third kappa shape index (κ3) is 14.7. The van der Waals surface area contributed by atoms with Gasteiger partial charge in [-0.25, -0.2) is 0 Å². The molecule has 16 nitrogen and oxygen atoms in total. The number of aliphatic carboxylic acids is 4. The van der Waals surface area contributed by atoms with Crippen molar-refractivity contribution in [1.29, 1.82) is 0 Å². The number of nitrogens with zero attached hydrogens (tertiary/aromatic N) is 4. The second kappa shape index (κ2) is 15.9. The maximum absolute atomic E-state index is 12.9. The Balaban J connectivity index is 2.81. The van der Waals surface area contributed by atoms with Crippen molar-refractivity contribution in [1.82, 2.24) is 24.9 Å². The Morgan fingerprint density at radius 1 is 0.738 bits per heavy atom. The standard InChI is InChI=1S/C26H41N5O11/c1-25(2,17-31-19(33)5-6-20(31)34)16-26(3,4)27-18(32)11-29(13-22(37)38)9-7-28(12-21(35)36)8-10-30(14-23(39)40)15-24(41)42/h5-6H,7-17H2,1-4H3,(H,27,32)(H,35,36)(H,37,38)(H,39,40)(H,41,42)/p-1. The van der Waals surface area contributed by atoms with Crippen LogP contribution in [0.15, 0.2) is 12.2 Å². The fourth-order valence-corrected chi connectivity index (χ4v) is 4.95.